The molecule has 0 aromatic carbocycles. The van der Waals surface area contributed by atoms with Crippen molar-refractivity contribution >= 4 is 11.7 Å². The fraction of sp³-hybridized carbons (Fsp3) is 0.444. The molecule has 90 valence electrons. The lowest BCUT2D eigenvalue weighted by molar-refractivity contribution is -0.385. The van der Waals surface area contributed by atoms with Gasteiger partial charge in [0, 0.05) is 0 Å². The molecule has 1 N–H and O–H groups in total. The van der Waals surface area contributed by atoms with Crippen molar-refractivity contribution in [3.8, 4) is 0 Å². The van der Waals surface area contributed by atoms with Gasteiger partial charge in [0.1, 0.15) is 6.20 Å². The van der Waals surface area contributed by atoms with Gasteiger partial charge in [0.15, 0.2) is 0 Å². The number of hydrogen-bond donors (Lipinski definition) is 1. The highest BCUT2D eigenvalue weighted by Crippen LogP contribution is 2.37. The Morgan fingerprint density at radius 2 is 2.29 bits per heavy atom. The molecule has 2 atom stereocenters. The molecule has 0 spiro atoms. The Balaban J connectivity index is 2.38. The number of aromatic nitrogens is 2. The van der Waals surface area contributed by atoms with Crippen LogP contribution in [0.4, 0.5) is 5.69 Å². The van der Waals surface area contributed by atoms with E-state index in [1.807, 2.05) is 0 Å². The quantitative estimate of drug-likeness (QED) is 0.594. The molecule has 8 heteroatoms. The second-order valence-electron chi connectivity index (χ2n) is 3.85. The van der Waals surface area contributed by atoms with Gasteiger partial charge >= 0.3 is 17.3 Å². The highest BCUT2D eigenvalue weighted by molar-refractivity contribution is 5.71. The Morgan fingerprint density at radius 3 is 2.76 bits per heavy atom. The van der Waals surface area contributed by atoms with Gasteiger partial charge in [0.2, 0.25) is 0 Å². The average Bonchev–Trinajstić information content (AvgIpc) is 2.18. The van der Waals surface area contributed by atoms with Gasteiger partial charge in [-0.2, -0.15) is 4.98 Å². The summed E-state index contributed by atoms with van der Waals surface area (Å²) in [4.78, 5) is 35.5. The van der Waals surface area contributed by atoms with Crippen LogP contribution in [-0.4, -0.2) is 25.6 Å². The fourth-order valence-electron chi connectivity index (χ4n) is 1.85. The van der Waals surface area contributed by atoms with E-state index in [-0.39, 0.29) is 5.69 Å². The van der Waals surface area contributed by atoms with Crippen molar-refractivity contribution in [2.75, 3.05) is 0 Å². The van der Waals surface area contributed by atoms with Gasteiger partial charge in [-0.15, -0.1) is 0 Å². The number of carboxylic acids is 1. The van der Waals surface area contributed by atoms with Crippen molar-refractivity contribution in [1.82, 2.24) is 9.55 Å². The molecule has 1 fully saturated rings. The monoisotopic (exact) mass is 239 g/mol. The SMILES string of the molecule is O=C(O)C1CCC1n1cc([N+](=O)[O-])cnc1=O. The summed E-state index contributed by atoms with van der Waals surface area (Å²) in [6, 6.07) is -0.535. The van der Waals surface area contributed by atoms with E-state index in [1.54, 1.807) is 0 Å². The first-order valence-electron chi connectivity index (χ1n) is 4.96. The van der Waals surface area contributed by atoms with Crippen LogP contribution in [0.25, 0.3) is 0 Å². The maximum Gasteiger partial charge on any atom is 0.348 e. The maximum atomic E-state index is 11.4. The molecule has 0 bridgehead atoms. The molecule has 1 aromatic rings. The van der Waals surface area contributed by atoms with Crippen LogP contribution in [0, 0.1) is 16.0 Å². The minimum absolute atomic E-state index is 0.319. The molecule has 1 heterocycles. The number of aliphatic carboxylic acids is 1. The average molecular weight is 239 g/mol. The lowest BCUT2D eigenvalue weighted by Crippen LogP contribution is -2.40. The first-order chi connectivity index (χ1) is 8.00. The normalized spacial score (nSPS) is 22.8. The van der Waals surface area contributed by atoms with E-state index in [0.29, 0.717) is 12.8 Å². The Labute approximate surface area is 94.7 Å². The minimum atomic E-state index is -1.00. The standard InChI is InChI=1S/C9H9N3O5/c13-8(14)6-1-2-7(6)11-4-5(12(16)17)3-10-9(11)15/h3-4,6-7H,1-2H2,(H,13,14). The molecule has 0 amide bonds. The number of carbonyl (C=O) groups is 1. The van der Waals surface area contributed by atoms with Gasteiger partial charge in [-0.25, -0.2) is 4.79 Å². The Kier molecular flexibility index (Phi) is 2.62. The predicted octanol–water partition coefficient (Wildman–Crippen LogP) is 0.187. The van der Waals surface area contributed by atoms with Gasteiger partial charge < -0.3 is 5.11 Å². The first kappa shape index (κ1) is 11.2. The summed E-state index contributed by atoms with van der Waals surface area (Å²) in [5.41, 5.74) is -0.979. The molecule has 2 unspecified atom stereocenters. The molecule has 0 aliphatic heterocycles. The summed E-state index contributed by atoms with van der Waals surface area (Å²) in [5, 5.41) is 19.4. The zero-order valence-corrected chi connectivity index (χ0v) is 8.65. The lowest BCUT2D eigenvalue weighted by Gasteiger charge is -2.34. The molecule has 1 saturated carbocycles. The summed E-state index contributed by atoms with van der Waals surface area (Å²) in [5.74, 6) is -1.67. The second kappa shape index (κ2) is 3.96. The predicted molar refractivity (Wildman–Crippen MR) is 54.5 cm³/mol. The van der Waals surface area contributed by atoms with Crippen molar-refractivity contribution in [3.63, 3.8) is 0 Å². The number of hydrogen-bond acceptors (Lipinski definition) is 5. The second-order valence-corrected chi connectivity index (χ2v) is 3.85. The number of nitrogens with zero attached hydrogens (tertiary/aromatic N) is 3. The molecule has 1 aliphatic carbocycles. The number of carboxylic acid groups (broad SMARTS) is 1. The van der Waals surface area contributed by atoms with Crippen LogP contribution in [-0.2, 0) is 4.79 Å². The van der Waals surface area contributed by atoms with Crippen LogP contribution in [0.2, 0.25) is 0 Å². The smallest absolute Gasteiger partial charge is 0.348 e. The molecular weight excluding hydrogens is 230 g/mol. The summed E-state index contributed by atoms with van der Waals surface area (Å²) >= 11 is 0. The zero-order valence-electron chi connectivity index (χ0n) is 8.65. The molecular formula is C9H9N3O5. The van der Waals surface area contributed by atoms with Crippen molar-refractivity contribution in [3.05, 3.63) is 33.0 Å². The van der Waals surface area contributed by atoms with E-state index in [0.717, 1.165) is 17.0 Å². The molecule has 17 heavy (non-hydrogen) atoms. The Morgan fingerprint density at radius 1 is 1.59 bits per heavy atom. The van der Waals surface area contributed by atoms with E-state index in [1.165, 1.54) is 0 Å². The number of nitro groups is 1. The highest BCUT2D eigenvalue weighted by atomic mass is 16.6. The first-order valence-corrected chi connectivity index (χ1v) is 4.96. The van der Waals surface area contributed by atoms with Crippen LogP contribution in [0.5, 0.6) is 0 Å². The van der Waals surface area contributed by atoms with Gasteiger partial charge in [-0.05, 0) is 12.8 Å². The van der Waals surface area contributed by atoms with Crippen molar-refractivity contribution in [1.29, 1.82) is 0 Å². The maximum absolute atomic E-state index is 11.4. The highest BCUT2D eigenvalue weighted by Gasteiger charge is 2.38. The Bertz CT molecular complexity index is 538. The van der Waals surface area contributed by atoms with Crippen molar-refractivity contribution in [2.45, 2.75) is 18.9 Å². The summed E-state index contributed by atoms with van der Waals surface area (Å²) in [6.07, 6.45) is 2.90. The van der Waals surface area contributed by atoms with E-state index in [9.17, 15) is 19.7 Å². The van der Waals surface area contributed by atoms with E-state index < -0.39 is 28.5 Å². The fourth-order valence-corrected chi connectivity index (χ4v) is 1.85. The molecule has 0 radical (unpaired) electrons. The van der Waals surface area contributed by atoms with Crippen molar-refractivity contribution < 1.29 is 14.8 Å². The summed E-state index contributed by atoms with van der Waals surface area (Å²) in [6.45, 7) is 0. The van der Waals surface area contributed by atoms with Gasteiger partial charge in [0.05, 0.1) is 23.1 Å². The molecule has 0 saturated heterocycles. The molecule has 2 rings (SSSR count). The topological polar surface area (TPSA) is 115 Å². The van der Waals surface area contributed by atoms with Crippen LogP contribution in [0.1, 0.15) is 18.9 Å². The minimum Gasteiger partial charge on any atom is -0.481 e. The van der Waals surface area contributed by atoms with Gasteiger partial charge in [-0.1, -0.05) is 0 Å². The summed E-state index contributed by atoms with van der Waals surface area (Å²) < 4.78 is 1.04. The molecule has 1 aliphatic rings. The molecule has 8 nitrogen and oxygen atoms in total. The third kappa shape index (κ3) is 1.88. The third-order valence-corrected chi connectivity index (χ3v) is 2.92. The largest absolute Gasteiger partial charge is 0.481 e. The third-order valence-electron chi connectivity index (χ3n) is 2.92. The van der Waals surface area contributed by atoms with Crippen LogP contribution >= 0.6 is 0 Å². The van der Waals surface area contributed by atoms with E-state index >= 15 is 0 Å². The van der Waals surface area contributed by atoms with Gasteiger partial charge in [0.25, 0.3) is 0 Å². The zero-order chi connectivity index (χ0) is 12.6. The van der Waals surface area contributed by atoms with Crippen LogP contribution in [0.15, 0.2) is 17.2 Å². The lowest BCUT2D eigenvalue weighted by atomic mass is 9.79. The summed E-state index contributed by atoms with van der Waals surface area (Å²) in [7, 11) is 0. The van der Waals surface area contributed by atoms with Crippen LogP contribution in [0.3, 0.4) is 0 Å². The van der Waals surface area contributed by atoms with Crippen molar-refractivity contribution in [2.24, 2.45) is 5.92 Å². The molecule has 1 aromatic heterocycles. The number of rotatable bonds is 3. The van der Waals surface area contributed by atoms with Crippen LogP contribution < -0.4 is 5.69 Å². The van der Waals surface area contributed by atoms with E-state index in [2.05, 4.69) is 4.98 Å². The van der Waals surface area contributed by atoms with Gasteiger partial charge in [-0.3, -0.25) is 19.5 Å². The van der Waals surface area contributed by atoms with E-state index in [4.69, 9.17) is 5.11 Å². The Hall–Kier alpha value is -2.25.